The molecule has 0 radical (unpaired) electrons. The summed E-state index contributed by atoms with van der Waals surface area (Å²) in [6.07, 6.45) is 0.449. The number of nitrogens with zero attached hydrogens (tertiary/aromatic N) is 1. The minimum absolute atomic E-state index is 0.00483. The molecule has 0 aliphatic heterocycles. The molecule has 0 heterocycles. The number of aromatic hydroxyl groups is 1. The number of phenols is 1. The summed E-state index contributed by atoms with van der Waals surface area (Å²) in [6.45, 7) is 11.6. The third kappa shape index (κ3) is 8.23. The lowest BCUT2D eigenvalue weighted by Gasteiger charge is -2.35. The smallest absolute Gasteiger partial charge is 0.408 e. The van der Waals surface area contributed by atoms with Gasteiger partial charge in [-0.25, -0.2) is 4.79 Å². The van der Waals surface area contributed by atoms with Gasteiger partial charge in [0.15, 0.2) is 0 Å². The van der Waals surface area contributed by atoms with Crippen LogP contribution in [0.3, 0.4) is 0 Å². The van der Waals surface area contributed by atoms with Crippen molar-refractivity contribution in [3.8, 4) is 5.75 Å². The standard InChI is InChI=1S/C30H41N3O5/c1-19(2)15-24(32-29(37)38-30(4,5)6)28(36)33(25-16-20(25)3)26(22-13-10-14-23(34)17-22)27(35)31-18-21-11-8-7-9-12-21/h7-14,17,19-20,24-26,34H,15-16,18H2,1-6H3,(H,31,35)(H,32,37). The molecule has 3 N–H and O–H groups in total. The first-order valence-corrected chi connectivity index (χ1v) is 13.3. The van der Waals surface area contributed by atoms with Crippen LogP contribution in [0, 0.1) is 11.8 Å². The van der Waals surface area contributed by atoms with Crippen molar-refractivity contribution in [3.63, 3.8) is 0 Å². The zero-order valence-corrected chi connectivity index (χ0v) is 23.2. The highest BCUT2D eigenvalue weighted by atomic mass is 16.6. The molecule has 1 saturated carbocycles. The molecule has 3 rings (SSSR count). The molecule has 1 fully saturated rings. The number of carbonyl (C=O) groups excluding carboxylic acids is 3. The van der Waals surface area contributed by atoms with Crippen LogP contribution < -0.4 is 10.6 Å². The van der Waals surface area contributed by atoms with Crippen molar-refractivity contribution in [3.05, 3.63) is 65.7 Å². The number of phenolic OH excluding ortho intramolecular Hbond substituents is 1. The van der Waals surface area contributed by atoms with Gasteiger partial charge in [-0.3, -0.25) is 9.59 Å². The van der Waals surface area contributed by atoms with E-state index in [-0.39, 0.29) is 35.4 Å². The summed E-state index contributed by atoms with van der Waals surface area (Å²) in [4.78, 5) is 42.3. The van der Waals surface area contributed by atoms with Gasteiger partial charge in [0.25, 0.3) is 0 Å². The molecule has 0 spiro atoms. The van der Waals surface area contributed by atoms with E-state index < -0.39 is 23.8 Å². The lowest BCUT2D eigenvalue weighted by molar-refractivity contribution is -0.143. The number of rotatable bonds is 10. The molecule has 8 nitrogen and oxygen atoms in total. The normalized spacial score (nSPS) is 18.3. The van der Waals surface area contributed by atoms with Crippen LogP contribution in [0.4, 0.5) is 4.79 Å². The van der Waals surface area contributed by atoms with E-state index in [1.165, 1.54) is 12.1 Å². The van der Waals surface area contributed by atoms with E-state index >= 15 is 0 Å². The van der Waals surface area contributed by atoms with Crippen LogP contribution in [0.25, 0.3) is 0 Å². The monoisotopic (exact) mass is 523 g/mol. The second-order valence-corrected chi connectivity index (χ2v) is 11.6. The Morgan fingerprint density at radius 2 is 1.74 bits per heavy atom. The van der Waals surface area contributed by atoms with Gasteiger partial charge >= 0.3 is 6.09 Å². The van der Waals surface area contributed by atoms with E-state index in [1.807, 2.05) is 51.1 Å². The molecule has 0 saturated heterocycles. The number of benzene rings is 2. The summed E-state index contributed by atoms with van der Waals surface area (Å²) in [5, 5.41) is 16.0. The molecule has 1 aliphatic rings. The molecule has 1 aliphatic carbocycles. The van der Waals surface area contributed by atoms with Crippen LogP contribution in [0.2, 0.25) is 0 Å². The second kappa shape index (κ2) is 12.3. The largest absolute Gasteiger partial charge is 0.508 e. The van der Waals surface area contributed by atoms with Crippen molar-refractivity contribution in [2.24, 2.45) is 11.8 Å². The third-order valence-electron chi connectivity index (χ3n) is 6.40. The summed E-state index contributed by atoms with van der Waals surface area (Å²) in [7, 11) is 0. The van der Waals surface area contributed by atoms with Gasteiger partial charge in [-0.1, -0.05) is 63.2 Å². The Morgan fingerprint density at radius 3 is 2.29 bits per heavy atom. The van der Waals surface area contributed by atoms with Crippen LogP contribution in [-0.4, -0.2) is 45.6 Å². The number of amides is 3. The summed E-state index contributed by atoms with van der Waals surface area (Å²) >= 11 is 0. The summed E-state index contributed by atoms with van der Waals surface area (Å²) in [6, 6.07) is 13.9. The van der Waals surface area contributed by atoms with E-state index in [0.717, 1.165) is 12.0 Å². The maximum atomic E-state index is 14.2. The van der Waals surface area contributed by atoms with Gasteiger partial charge in [0.1, 0.15) is 23.4 Å². The van der Waals surface area contributed by atoms with Gasteiger partial charge in [0.2, 0.25) is 11.8 Å². The zero-order chi connectivity index (χ0) is 28.0. The number of hydrogen-bond acceptors (Lipinski definition) is 5. The van der Waals surface area contributed by atoms with Gasteiger partial charge in [0, 0.05) is 12.6 Å². The fourth-order valence-corrected chi connectivity index (χ4v) is 4.51. The van der Waals surface area contributed by atoms with E-state index in [9.17, 15) is 19.5 Å². The highest BCUT2D eigenvalue weighted by molar-refractivity contribution is 5.92. The van der Waals surface area contributed by atoms with Gasteiger partial charge in [-0.2, -0.15) is 0 Å². The van der Waals surface area contributed by atoms with Crippen LogP contribution >= 0.6 is 0 Å². The quantitative estimate of drug-likeness (QED) is 0.409. The van der Waals surface area contributed by atoms with Gasteiger partial charge in [-0.05, 0) is 68.7 Å². The average molecular weight is 524 g/mol. The molecule has 4 atom stereocenters. The summed E-state index contributed by atoms with van der Waals surface area (Å²) in [5.74, 6) is -0.398. The Balaban J connectivity index is 1.96. The number of alkyl carbamates (subject to hydrolysis) is 1. The number of hydrogen-bond donors (Lipinski definition) is 3. The predicted molar refractivity (Wildman–Crippen MR) is 146 cm³/mol. The molecule has 2 aromatic carbocycles. The van der Waals surface area contributed by atoms with Crippen LogP contribution in [0.5, 0.6) is 5.75 Å². The highest BCUT2D eigenvalue weighted by Crippen LogP contribution is 2.41. The van der Waals surface area contributed by atoms with Crippen molar-refractivity contribution < 1.29 is 24.2 Å². The zero-order valence-electron chi connectivity index (χ0n) is 23.2. The lowest BCUT2D eigenvalue weighted by atomic mass is 9.98. The maximum absolute atomic E-state index is 14.2. The summed E-state index contributed by atoms with van der Waals surface area (Å²) < 4.78 is 5.44. The Labute approximate surface area is 225 Å². The molecule has 8 heteroatoms. The SMILES string of the molecule is CC(C)CC(NC(=O)OC(C)(C)C)C(=O)N(C(C(=O)NCc1ccccc1)c1cccc(O)c1)C1CC1C. The van der Waals surface area contributed by atoms with Crippen molar-refractivity contribution in [2.75, 3.05) is 0 Å². The molecule has 0 aromatic heterocycles. The summed E-state index contributed by atoms with van der Waals surface area (Å²) in [5.41, 5.74) is 0.711. The van der Waals surface area contributed by atoms with Crippen molar-refractivity contribution in [1.29, 1.82) is 0 Å². The molecular formula is C30H41N3O5. The first-order chi connectivity index (χ1) is 17.9. The van der Waals surface area contributed by atoms with E-state index in [0.29, 0.717) is 18.5 Å². The Kier molecular flexibility index (Phi) is 9.41. The Hall–Kier alpha value is -3.55. The fourth-order valence-electron chi connectivity index (χ4n) is 4.51. The molecule has 2 aromatic rings. The maximum Gasteiger partial charge on any atom is 0.408 e. The first kappa shape index (κ1) is 29.0. The van der Waals surface area contributed by atoms with Crippen LogP contribution in [0.15, 0.2) is 54.6 Å². The average Bonchev–Trinajstić information content (AvgIpc) is 3.55. The highest BCUT2D eigenvalue weighted by Gasteiger charge is 2.48. The van der Waals surface area contributed by atoms with E-state index in [1.54, 1.807) is 37.8 Å². The number of carbonyl (C=O) groups is 3. The topological polar surface area (TPSA) is 108 Å². The molecule has 0 bridgehead atoms. The van der Waals surface area contributed by atoms with Crippen molar-refractivity contribution >= 4 is 17.9 Å². The minimum atomic E-state index is -0.983. The van der Waals surface area contributed by atoms with Crippen molar-refractivity contribution in [2.45, 2.75) is 84.7 Å². The third-order valence-corrected chi connectivity index (χ3v) is 6.40. The number of nitrogens with one attached hydrogen (secondary N) is 2. The first-order valence-electron chi connectivity index (χ1n) is 13.3. The van der Waals surface area contributed by atoms with E-state index in [4.69, 9.17) is 4.74 Å². The Bertz CT molecular complexity index is 1110. The van der Waals surface area contributed by atoms with Crippen molar-refractivity contribution in [1.82, 2.24) is 15.5 Å². The number of ether oxygens (including phenoxy) is 1. The fraction of sp³-hybridized carbons (Fsp3) is 0.500. The predicted octanol–water partition coefficient (Wildman–Crippen LogP) is 4.93. The Morgan fingerprint density at radius 1 is 1.08 bits per heavy atom. The molecular weight excluding hydrogens is 482 g/mol. The molecule has 206 valence electrons. The lowest BCUT2D eigenvalue weighted by Crippen LogP contribution is -2.54. The van der Waals surface area contributed by atoms with E-state index in [2.05, 4.69) is 10.6 Å². The van der Waals surface area contributed by atoms with Gasteiger partial charge in [0.05, 0.1) is 0 Å². The molecule has 4 unspecified atom stereocenters. The van der Waals surface area contributed by atoms with Gasteiger partial charge < -0.3 is 25.4 Å². The molecule has 3 amide bonds. The molecule has 38 heavy (non-hydrogen) atoms. The second-order valence-electron chi connectivity index (χ2n) is 11.6. The van der Waals surface area contributed by atoms with Gasteiger partial charge in [-0.15, -0.1) is 0 Å². The minimum Gasteiger partial charge on any atom is -0.508 e. The van der Waals surface area contributed by atoms with Crippen LogP contribution in [0.1, 0.15) is 71.6 Å². The van der Waals surface area contributed by atoms with Crippen LogP contribution in [-0.2, 0) is 20.9 Å².